The number of carbonyl (C=O) groups is 1. The largest absolute Gasteiger partial charge is 0.465 e. The van der Waals surface area contributed by atoms with Gasteiger partial charge in [-0.25, -0.2) is 32.5 Å². The summed E-state index contributed by atoms with van der Waals surface area (Å²) in [6.45, 7) is 1.93. The zero-order chi connectivity index (χ0) is 32.3. The van der Waals surface area contributed by atoms with Crippen LogP contribution in [-0.4, -0.2) is 52.9 Å². The Morgan fingerprint density at radius 3 is 2.37 bits per heavy atom. The molecule has 0 aliphatic heterocycles. The summed E-state index contributed by atoms with van der Waals surface area (Å²) >= 11 is 0. The summed E-state index contributed by atoms with van der Waals surface area (Å²) < 4.78 is 34.0. The summed E-state index contributed by atoms with van der Waals surface area (Å²) in [5.41, 5.74) is 3.18. The second-order valence-corrected chi connectivity index (χ2v) is 13.1. The van der Waals surface area contributed by atoms with E-state index in [9.17, 15) is 13.2 Å². The van der Waals surface area contributed by atoms with Crippen molar-refractivity contribution in [3.63, 3.8) is 0 Å². The van der Waals surface area contributed by atoms with Crippen LogP contribution in [0, 0.1) is 6.92 Å². The molecule has 12 heteroatoms. The van der Waals surface area contributed by atoms with Crippen LogP contribution in [0.15, 0.2) is 91.3 Å². The molecule has 1 aliphatic rings. The van der Waals surface area contributed by atoms with Crippen LogP contribution in [-0.2, 0) is 10.0 Å². The minimum atomic E-state index is -3.68. The molecule has 0 radical (unpaired) electrons. The predicted molar refractivity (Wildman–Crippen MR) is 178 cm³/mol. The molecule has 0 atom stereocenters. The molecule has 2 aromatic heterocycles. The second-order valence-electron chi connectivity index (χ2n) is 11.3. The van der Waals surface area contributed by atoms with Crippen molar-refractivity contribution < 1.29 is 23.1 Å². The van der Waals surface area contributed by atoms with Gasteiger partial charge >= 0.3 is 6.09 Å². The van der Waals surface area contributed by atoms with Gasteiger partial charge in [0.25, 0.3) is 0 Å². The van der Waals surface area contributed by atoms with Crippen LogP contribution in [0.2, 0.25) is 0 Å². The molecule has 5 aromatic rings. The predicted octanol–water partition coefficient (Wildman–Crippen LogP) is 6.88. The number of para-hydroxylation sites is 1. The van der Waals surface area contributed by atoms with E-state index < -0.39 is 16.1 Å². The smallest absolute Gasteiger partial charge is 0.404 e. The highest BCUT2D eigenvalue weighted by molar-refractivity contribution is 7.92. The Labute approximate surface area is 267 Å². The molecule has 0 unspecified atom stereocenters. The van der Waals surface area contributed by atoms with Crippen molar-refractivity contribution in [1.29, 1.82) is 0 Å². The van der Waals surface area contributed by atoms with E-state index in [0.717, 1.165) is 36.6 Å². The molecule has 3 N–H and O–H groups in total. The topological polar surface area (TPSA) is 147 Å². The Morgan fingerprint density at radius 1 is 0.870 bits per heavy atom. The number of rotatable bonds is 9. The van der Waals surface area contributed by atoms with Gasteiger partial charge < -0.3 is 20.5 Å². The highest BCUT2D eigenvalue weighted by Gasteiger charge is 2.25. The van der Waals surface area contributed by atoms with Crippen molar-refractivity contribution in [3.8, 4) is 22.9 Å². The van der Waals surface area contributed by atoms with Gasteiger partial charge in [-0.3, -0.25) is 0 Å². The third-order valence-corrected chi connectivity index (χ3v) is 9.09. The molecule has 0 bridgehead atoms. The lowest BCUT2D eigenvalue weighted by Gasteiger charge is -2.28. The van der Waals surface area contributed by atoms with E-state index in [1.54, 1.807) is 48.8 Å². The number of carboxylic acid groups (broad SMARTS) is 1. The molecule has 0 saturated heterocycles. The van der Waals surface area contributed by atoms with Crippen LogP contribution in [0.4, 0.5) is 22.1 Å². The van der Waals surface area contributed by atoms with Crippen molar-refractivity contribution in [3.05, 3.63) is 96.8 Å². The Kier molecular flexibility index (Phi) is 8.71. The normalized spacial score (nSPS) is 16.5. The van der Waals surface area contributed by atoms with Gasteiger partial charge in [-0.1, -0.05) is 42.5 Å². The Hall–Kier alpha value is -5.23. The third-order valence-electron chi connectivity index (χ3n) is 8.02. The highest BCUT2D eigenvalue weighted by atomic mass is 32.2. The maximum absolute atomic E-state index is 13.1. The molecule has 0 spiro atoms. The van der Waals surface area contributed by atoms with Crippen molar-refractivity contribution in [2.75, 3.05) is 15.9 Å². The number of sulfonamides is 1. The maximum atomic E-state index is 13.1. The lowest BCUT2D eigenvalue weighted by molar-refractivity contribution is 0.185. The maximum Gasteiger partial charge on any atom is 0.404 e. The minimum Gasteiger partial charge on any atom is -0.465 e. The third kappa shape index (κ3) is 6.71. The van der Waals surface area contributed by atoms with E-state index in [2.05, 4.69) is 20.6 Å². The van der Waals surface area contributed by atoms with Gasteiger partial charge in [0.15, 0.2) is 0 Å². The molecule has 2 heterocycles. The number of aromatic nitrogens is 3. The molecule has 6 rings (SSSR count). The van der Waals surface area contributed by atoms with Crippen molar-refractivity contribution in [2.45, 2.75) is 44.7 Å². The summed E-state index contributed by atoms with van der Waals surface area (Å²) in [6.07, 6.45) is 6.59. The van der Waals surface area contributed by atoms with E-state index in [1.165, 1.54) is 10.6 Å². The molecule has 1 amide bonds. The molecular weight excluding hydrogens is 604 g/mol. The number of benzene rings is 3. The monoisotopic (exact) mass is 638 g/mol. The number of nitrogens with one attached hydrogen (secondary N) is 2. The zero-order valence-corrected chi connectivity index (χ0v) is 26.2. The molecule has 3 aromatic carbocycles. The molecule has 46 heavy (non-hydrogen) atoms. The number of aryl methyl sites for hydroxylation is 1. The van der Waals surface area contributed by atoms with Crippen LogP contribution in [0.3, 0.4) is 0 Å². The Morgan fingerprint density at radius 2 is 1.63 bits per heavy atom. The number of fused-ring (bicyclic) bond motifs is 1. The number of nitrogens with zero attached hydrogens (tertiary/aromatic N) is 4. The number of anilines is 3. The highest BCUT2D eigenvalue weighted by Crippen LogP contribution is 2.41. The number of hydrogen-bond acceptors (Lipinski definition) is 8. The average Bonchev–Trinajstić information content (AvgIpc) is 3.03. The average molecular weight is 639 g/mol. The molecule has 1 aliphatic carbocycles. The fraction of sp³-hybridized carbons (Fsp3) is 0.235. The van der Waals surface area contributed by atoms with Crippen molar-refractivity contribution in [2.24, 2.45) is 0 Å². The summed E-state index contributed by atoms with van der Waals surface area (Å²) in [5.74, 6) is 1.37. The van der Waals surface area contributed by atoms with Crippen LogP contribution >= 0.6 is 0 Å². The summed E-state index contributed by atoms with van der Waals surface area (Å²) in [7, 11) is -3.68. The van der Waals surface area contributed by atoms with E-state index >= 15 is 0 Å². The van der Waals surface area contributed by atoms with Crippen LogP contribution in [0.25, 0.3) is 22.0 Å². The summed E-state index contributed by atoms with van der Waals surface area (Å²) in [4.78, 5) is 24.7. The number of hydrogen-bond donors (Lipinski definition) is 3. The standard InChI is InChI=1S/C34H34N6O5S/c1-22-13-18-26-27(10-6-12-30(26)40(46(2,43)44)25-8-4-3-5-9-25)31(22)45-32-28(11-7-20-35-32)29-19-21-36-33(39-29)37-23-14-16-24(17-15-23)38-34(41)42/h3-13,18-21,23-24,38H,14-17H2,1-2H3,(H,41,42)(H,36,37,39)/t23-,24-. The van der Waals surface area contributed by atoms with Gasteiger partial charge in [0.05, 0.1) is 28.9 Å². The quantitative estimate of drug-likeness (QED) is 0.157. The van der Waals surface area contributed by atoms with E-state index in [-0.39, 0.29) is 12.1 Å². The first-order valence-electron chi connectivity index (χ1n) is 15.0. The zero-order valence-electron chi connectivity index (χ0n) is 25.4. The van der Waals surface area contributed by atoms with Gasteiger partial charge in [0, 0.05) is 35.2 Å². The van der Waals surface area contributed by atoms with Gasteiger partial charge in [-0.05, 0) is 74.6 Å². The molecule has 1 fully saturated rings. The molecule has 1 saturated carbocycles. The van der Waals surface area contributed by atoms with Crippen molar-refractivity contribution in [1.82, 2.24) is 20.3 Å². The van der Waals surface area contributed by atoms with Crippen LogP contribution in [0.1, 0.15) is 31.2 Å². The van der Waals surface area contributed by atoms with Gasteiger partial charge in [0.1, 0.15) is 5.75 Å². The number of amides is 1. The molecule has 11 nitrogen and oxygen atoms in total. The first kappa shape index (κ1) is 30.8. The summed E-state index contributed by atoms with van der Waals surface area (Å²) in [5, 5.41) is 16.4. The lowest BCUT2D eigenvalue weighted by atomic mass is 9.91. The fourth-order valence-electron chi connectivity index (χ4n) is 5.89. The van der Waals surface area contributed by atoms with Gasteiger partial charge in [0.2, 0.25) is 21.9 Å². The van der Waals surface area contributed by atoms with E-state index in [1.807, 2.05) is 49.4 Å². The first-order chi connectivity index (χ1) is 22.2. The van der Waals surface area contributed by atoms with Gasteiger partial charge in [-0.15, -0.1) is 0 Å². The fourth-order valence-corrected chi connectivity index (χ4v) is 6.91. The Balaban J connectivity index is 1.31. The first-order valence-corrected chi connectivity index (χ1v) is 16.8. The summed E-state index contributed by atoms with van der Waals surface area (Å²) in [6, 6.07) is 23.9. The Bertz CT molecular complexity index is 1980. The van der Waals surface area contributed by atoms with Crippen LogP contribution < -0.4 is 19.7 Å². The number of pyridine rings is 1. The second kappa shape index (κ2) is 13.0. The van der Waals surface area contributed by atoms with E-state index in [0.29, 0.717) is 45.6 Å². The molecule has 236 valence electrons. The minimum absolute atomic E-state index is 0.0423. The van der Waals surface area contributed by atoms with Gasteiger partial charge in [-0.2, -0.15) is 0 Å². The molecular formula is C34H34N6O5S. The van der Waals surface area contributed by atoms with Crippen molar-refractivity contribution >= 4 is 44.2 Å². The van der Waals surface area contributed by atoms with Crippen LogP contribution in [0.5, 0.6) is 11.6 Å². The number of ether oxygens (including phenoxy) is 1. The lowest BCUT2D eigenvalue weighted by Crippen LogP contribution is -2.39. The van der Waals surface area contributed by atoms with E-state index in [4.69, 9.17) is 14.8 Å². The SMILES string of the molecule is Cc1ccc2c(N(c3ccccc3)S(C)(=O)=O)cccc2c1Oc1ncccc1-c1ccnc(N[C@H]2CC[C@H](NC(=O)O)CC2)n1.